The largest absolute Gasteiger partial charge is 0.489 e. The normalized spacial score (nSPS) is 18.5. The van der Waals surface area contributed by atoms with E-state index < -0.39 is 0 Å². The maximum absolute atomic E-state index is 12.6. The number of aryl methyl sites for hydroxylation is 1. The zero-order chi connectivity index (χ0) is 24.4. The number of hydrogen-bond acceptors (Lipinski definition) is 7. The second-order valence-corrected chi connectivity index (χ2v) is 9.75. The van der Waals surface area contributed by atoms with Gasteiger partial charge in [-0.15, -0.1) is 0 Å². The van der Waals surface area contributed by atoms with Crippen LogP contribution < -0.4 is 20.1 Å². The van der Waals surface area contributed by atoms with Gasteiger partial charge in [-0.2, -0.15) is 5.10 Å². The van der Waals surface area contributed by atoms with Crippen LogP contribution in [-0.2, 0) is 7.05 Å². The fourth-order valence-corrected chi connectivity index (χ4v) is 4.46. The highest BCUT2D eigenvalue weighted by Crippen LogP contribution is 2.31. The molecule has 1 unspecified atom stereocenters. The monoisotopic (exact) mass is 475 g/mol. The number of carbonyl (C=O) groups excluding carboxylic acids is 1. The van der Waals surface area contributed by atoms with E-state index in [-0.39, 0.29) is 17.8 Å². The smallest absolute Gasteiger partial charge is 0.215 e. The van der Waals surface area contributed by atoms with Crippen molar-refractivity contribution in [3.05, 3.63) is 59.9 Å². The second kappa shape index (κ2) is 9.98. The van der Waals surface area contributed by atoms with Crippen LogP contribution in [0.2, 0.25) is 0 Å². The van der Waals surface area contributed by atoms with Crippen molar-refractivity contribution in [2.75, 3.05) is 30.3 Å². The highest BCUT2D eigenvalue weighted by atomic mass is 16.5. The van der Waals surface area contributed by atoms with Gasteiger partial charge in [0.15, 0.2) is 5.78 Å². The van der Waals surface area contributed by atoms with E-state index in [4.69, 9.17) is 15.2 Å². The van der Waals surface area contributed by atoms with E-state index in [0.29, 0.717) is 29.6 Å². The van der Waals surface area contributed by atoms with Crippen LogP contribution in [0.15, 0.2) is 48.8 Å². The highest BCUT2D eigenvalue weighted by molar-refractivity contribution is 6.00. The molecule has 0 bridgehead atoms. The van der Waals surface area contributed by atoms with Crippen LogP contribution in [0.5, 0.6) is 11.6 Å². The molecule has 3 heterocycles. The van der Waals surface area contributed by atoms with Crippen LogP contribution in [0, 0.1) is 5.92 Å². The van der Waals surface area contributed by atoms with Gasteiger partial charge in [0.2, 0.25) is 5.88 Å². The summed E-state index contributed by atoms with van der Waals surface area (Å²) in [4.78, 5) is 19.3. The molecule has 2 N–H and O–H groups in total. The van der Waals surface area contributed by atoms with E-state index >= 15 is 0 Å². The number of Topliss-reactive ketones (excluding diaryl/α,β-unsaturated/α-hetero) is 1. The lowest BCUT2D eigenvalue weighted by Crippen LogP contribution is -2.24. The summed E-state index contributed by atoms with van der Waals surface area (Å²) >= 11 is 0. The molecule has 2 aliphatic rings. The van der Waals surface area contributed by atoms with Crippen LogP contribution in [0.3, 0.4) is 0 Å². The summed E-state index contributed by atoms with van der Waals surface area (Å²) in [6.45, 7) is 4.58. The summed E-state index contributed by atoms with van der Waals surface area (Å²) in [6, 6.07) is 12.1. The van der Waals surface area contributed by atoms with Gasteiger partial charge in [0, 0.05) is 44.4 Å². The van der Waals surface area contributed by atoms with E-state index in [1.54, 1.807) is 13.2 Å². The number of anilines is 2. The molecule has 1 aliphatic carbocycles. The third-order valence-corrected chi connectivity index (χ3v) is 6.92. The Kier molecular flexibility index (Phi) is 6.61. The number of nitrogen functional groups attached to an aromatic ring is 1. The fourth-order valence-electron chi connectivity index (χ4n) is 4.46. The molecule has 8 heteroatoms. The number of carbonyl (C=O) groups is 1. The van der Waals surface area contributed by atoms with Gasteiger partial charge in [-0.25, -0.2) is 4.98 Å². The Morgan fingerprint density at radius 2 is 2.00 bits per heavy atom. The van der Waals surface area contributed by atoms with E-state index in [2.05, 4.69) is 15.0 Å². The molecule has 184 valence electrons. The molecule has 0 amide bonds. The number of aromatic nitrogens is 3. The number of ether oxygens (including phenoxy) is 2. The lowest BCUT2D eigenvalue weighted by Gasteiger charge is -2.20. The number of pyridine rings is 1. The molecule has 1 saturated carbocycles. The molecule has 2 fully saturated rings. The van der Waals surface area contributed by atoms with Crippen LogP contribution in [0.1, 0.15) is 54.4 Å². The summed E-state index contributed by atoms with van der Waals surface area (Å²) in [6.07, 6.45) is 7.36. The van der Waals surface area contributed by atoms with Gasteiger partial charge in [0.25, 0.3) is 0 Å². The molecule has 3 aromatic rings. The zero-order valence-corrected chi connectivity index (χ0v) is 20.4. The highest BCUT2D eigenvalue weighted by Gasteiger charge is 2.26. The first-order valence-corrected chi connectivity index (χ1v) is 12.4. The zero-order valence-electron chi connectivity index (χ0n) is 20.4. The Bertz CT molecular complexity index is 1170. The molecule has 5 rings (SSSR count). The molecule has 2 atom stereocenters. The third kappa shape index (κ3) is 5.58. The molecule has 1 aromatic carbocycles. The summed E-state index contributed by atoms with van der Waals surface area (Å²) in [5.41, 5.74) is 8.65. The van der Waals surface area contributed by atoms with Gasteiger partial charge in [-0.05, 0) is 48.4 Å². The number of hydrogen-bond donors (Lipinski definition) is 1. The standard InChI is InChI=1S/C27H33N5O3/c1-18(13-25(33)24-15-30-31(2)27(24)28)20-5-7-22(8-6-20)35-23-10-12-32(16-23)21-9-11-29-26(14-21)34-17-19-3-4-19/h5-9,11,14-15,18-19,23H,3-4,10,12-13,16-17,28H2,1-2H3/t18-,23?/m1/s1. The lowest BCUT2D eigenvalue weighted by molar-refractivity contribution is 0.0976. The van der Waals surface area contributed by atoms with E-state index in [1.807, 2.05) is 49.5 Å². The molecule has 0 radical (unpaired) electrons. The van der Waals surface area contributed by atoms with Crippen LogP contribution in [0.25, 0.3) is 0 Å². The Morgan fingerprint density at radius 1 is 1.20 bits per heavy atom. The third-order valence-electron chi connectivity index (χ3n) is 6.92. The minimum Gasteiger partial charge on any atom is -0.489 e. The minimum absolute atomic E-state index is 0.00619. The molecule has 0 spiro atoms. The van der Waals surface area contributed by atoms with E-state index in [1.165, 1.54) is 17.5 Å². The van der Waals surface area contributed by atoms with Crippen molar-refractivity contribution in [1.82, 2.24) is 14.8 Å². The number of ketones is 1. The average molecular weight is 476 g/mol. The van der Waals surface area contributed by atoms with Crippen molar-refractivity contribution in [2.24, 2.45) is 13.0 Å². The maximum Gasteiger partial charge on any atom is 0.215 e. The first-order chi connectivity index (χ1) is 17.0. The summed E-state index contributed by atoms with van der Waals surface area (Å²) in [7, 11) is 1.73. The first kappa shape index (κ1) is 23.2. The number of nitrogens with two attached hydrogens (primary N) is 1. The number of nitrogens with zero attached hydrogens (tertiary/aromatic N) is 4. The Labute approximate surface area is 206 Å². The Morgan fingerprint density at radius 3 is 2.71 bits per heavy atom. The van der Waals surface area contributed by atoms with E-state index in [9.17, 15) is 4.79 Å². The maximum atomic E-state index is 12.6. The van der Waals surface area contributed by atoms with Gasteiger partial charge >= 0.3 is 0 Å². The number of rotatable bonds is 10. The van der Waals surface area contributed by atoms with Gasteiger partial charge in [-0.3, -0.25) is 9.48 Å². The summed E-state index contributed by atoms with van der Waals surface area (Å²) < 4.78 is 13.6. The average Bonchev–Trinajstić information content (AvgIpc) is 3.48. The molecule has 35 heavy (non-hydrogen) atoms. The van der Waals surface area contributed by atoms with Crippen LogP contribution in [0.4, 0.5) is 11.5 Å². The van der Waals surface area contributed by atoms with Crippen molar-refractivity contribution in [3.8, 4) is 11.6 Å². The topological polar surface area (TPSA) is 95.5 Å². The Balaban J connectivity index is 1.13. The Hall–Kier alpha value is -3.55. The van der Waals surface area contributed by atoms with Crippen molar-refractivity contribution < 1.29 is 14.3 Å². The van der Waals surface area contributed by atoms with Crippen LogP contribution >= 0.6 is 0 Å². The fraction of sp³-hybridized carbons (Fsp3) is 0.444. The first-order valence-electron chi connectivity index (χ1n) is 12.4. The van der Waals surface area contributed by atoms with Crippen molar-refractivity contribution in [1.29, 1.82) is 0 Å². The van der Waals surface area contributed by atoms with Gasteiger partial charge in [0.1, 0.15) is 17.7 Å². The van der Waals surface area contributed by atoms with Gasteiger partial charge < -0.3 is 20.1 Å². The lowest BCUT2D eigenvalue weighted by atomic mass is 9.94. The molecule has 8 nitrogen and oxygen atoms in total. The quantitative estimate of drug-likeness (QED) is 0.439. The second-order valence-electron chi connectivity index (χ2n) is 9.75. The molecule has 2 aromatic heterocycles. The number of benzene rings is 1. The summed E-state index contributed by atoms with van der Waals surface area (Å²) in [5.74, 6) is 2.74. The van der Waals surface area contributed by atoms with E-state index in [0.717, 1.165) is 43.1 Å². The molecule has 1 saturated heterocycles. The van der Waals surface area contributed by atoms with Crippen LogP contribution in [-0.4, -0.2) is 46.3 Å². The predicted molar refractivity (Wildman–Crippen MR) is 135 cm³/mol. The molecule has 1 aliphatic heterocycles. The SMILES string of the molecule is C[C@H](CC(=O)c1cnn(C)c1N)c1ccc(OC2CCN(c3ccnc(OCC4CC4)c3)C2)cc1. The van der Waals surface area contributed by atoms with Crippen molar-refractivity contribution in [3.63, 3.8) is 0 Å². The summed E-state index contributed by atoms with van der Waals surface area (Å²) in [5, 5.41) is 4.06. The van der Waals surface area contributed by atoms with Crippen molar-refractivity contribution in [2.45, 2.75) is 44.6 Å². The van der Waals surface area contributed by atoms with Crippen molar-refractivity contribution >= 4 is 17.3 Å². The van der Waals surface area contributed by atoms with Gasteiger partial charge in [-0.1, -0.05) is 19.1 Å². The molecular weight excluding hydrogens is 442 g/mol. The predicted octanol–water partition coefficient (Wildman–Crippen LogP) is 4.22. The van der Waals surface area contributed by atoms with Gasteiger partial charge in [0.05, 0.1) is 24.9 Å². The minimum atomic E-state index is 0.00619. The molecular formula is C27H33N5O3.